The number of aryl methyl sites for hydroxylation is 2. The standard InChI is InChI=1S/C27H26N2O2/c1-19-11-15-22(16-12-19)24-18-23-10-6-7-17-29(23)25(24)26(30)27(31)28-20(2)13-14-21-8-4-3-5-9-21/h3-12,15-18,20H,13-14H2,1-2H3,(H,28,31)/t20-/m1/s1. The molecule has 0 spiro atoms. The first kappa shape index (κ1) is 20.6. The van der Waals surface area contributed by atoms with Crippen LogP contribution in [-0.4, -0.2) is 22.1 Å². The van der Waals surface area contributed by atoms with Crippen LogP contribution in [0.1, 0.15) is 35.0 Å². The molecule has 4 aromatic rings. The van der Waals surface area contributed by atoms with Gasteiger partial charge < -0.3 is 9.72 Å². The maximum atomic E-state index is 13.3. The van der Waals surface area contributed by atoms with Gasteiger partial charge in [0.1, 0.15) is 5.69 Å². The van der Waals surface area contributed by atoms with Crippen LogP contribution in [0.25, 0.3) is 16.6 Å². The summed E-state index contributed by atoms with van der Waals surface area (Å²) in [5.74, 6) is -1.09. The van der Waals surface area contributed by atoms with E-state index in [0.29, 0.717) is 5.69 Å². The molecular weight excluding hydrogens is 384 g/mol. The minimum Gasteiger partial charge on any atom is -0.347 e. The van der Waals surface area contributed by atoms with Crippen molar-refractivity contribution >= 4 is 17.2 Å². The van der Waals surface area contributed by atoms with Gasteiger partial charge >= 0.3 is 0 Å². The molecule has 156 valence electrons. The average Bonchev–Trinajstić information content (AvgIpc) is 3.18. The zero-order chi connectivity index (χ0) is 21.8. The molecule has 2 aromatic heterocycles. The Kier molecular flexibility index (Phi) is 5.99. The number of rotatable bonds is 7. The van der Waals surface area contributed by atoms with Gasteiger partial charge in [-0.2, -0.15) is 0 Å². The van der Waals surface area contributed by atoms with Crippen molar-refractivity contribution in [1.29, 1.82) is 0 Å². The number of carbonyl (C=O) groups excluding carboxylic acids is 2. The number of Topliss-reactive ketones (excluding diaryl/α,β-unsaturated/α-hetero) is 1. The number of amides is 1. The van der Waals surface area contributed by atoms with Crippen molar-refractivity contribution in [3.8, 4) is 11.1 Å². The van der Waals surface area contributed by atoms with E-state index in [1.807, 2.05) is 86.8 Å². The molecule has 1 amide bonds. The molecule has 0 aliphatic carbocycles. The fourth-order valence-corrected chi connectivity index (χ4v) is 3.81. The van der Waals surface area contributed by atoms with E-state index in [0.717, 1.165) is 35.0 Å². The SMILES string of the molecule is Cc1ccc(-c2cc3ccccn3c2C(=O)C(=O)N[C@H](C)CCc2ccccc2)cc1. The summed E-state index contributed by atoms with van der Waals surface area (Å²) in [6, 6.07) is 25.7. The summed E-state index contributed by atoms with van der Waals surface area (Å²) in [4.78, 5) is 26.1. The second-order valence-electron chi connectivity index (χ2n) is 8.00. The minimum absolute atomic E-state index is 0.106. The maximum absolute atomic E-state index is 13.3. The Labute approximate surface area is 182 Å². The van der Waals surface area contributed by atoms with Crippen LogP contribution in [0.3, 0.4) is 0 Å². The molecule has 0 radical (unpaired) electrons. The van der Waals surface area contributed by atoms with Gasteiger partial charge in [-0.15, -0.1) is 0 Å². The number of pyridine rings is 1. The number of hydrogen-bond donors (Lipinski definition) is 1. The number of fused-ring (bicyclic) bond motifs is 1. The van der Waals surface area contributed by atoms with Gasteiger partial charge in [-0.25, -0.2) is 0 Å². The van der Waals surface area contributed by atoms with E-state index in [1.165, 1.54) is 5.56 Å². The monoisotopic (exact) mass is 410 g/mol. The predicted octanol–water partition coefficient (Wildman–Crippen LogP) is 5.23. The van der Waals surface area contributed by atoms with Crippen LogP contribution in [0.5, 0.6) is 0 Å². The van der Waals surface area contributed by atoms with E-state index in [2.05, 4.69) is 17.4 Å². The zero-order valence-electron chi connectivity index (χ0n) is 17.8. The Hall–Kier alpha value is -3.66. The lowest BCUT2D eigenvalue weighted by Gasteiger charge is -2.14. The first-order valence-electron chi connectivity index (χ1n) is 10.6. The third kappa shape index (κ3) is 4.58. The Balaban J connectivity index is 1.57. The van der Waals surface area contributed by atoms with Gasteiger partial charge in [-0.05, 0) is 56.0 Å². The molecule has 0 unspecified atom stereocenters. The van der Waals surface area contributed by atoms with Gasteiger partial charge in [-0.1, -0.05) is 66.2 Å². The number of carbonyl (C=O) groups is 2. The molecule has 1 N–H and O–H groups in total. The average molecular weight is 411 g/mol. The number of nitrogens with zero attached hydrogens (tertiary/aromatic N) is 1. The van der Waals surface area contributed by atoms with Gasteiger partial charge in [0.05, 0.1) is 0 Å². The Bertz CT molecular complexity index is 1210. The van der Waals surface area contributed by atoms with Crippen molar-refractivity contribution in [1.82, 2.24) is 9.72 Å². The zero-order valence-corrected chi connectivity index (χ0v) is 17.8. The van der Waals surface area contributed by atoms with E-state index in [1.54, 1.807) is 4.40 Å². The minimum atomic E-state index is -0.572. The Morgan fingerprint density at radius 1 is 0.935 bits per heavy atom. The molecule has 0 saturated heterocycles. The molecule has 31 heavy (non-hydrogen) atoms. The third-order valence-electron chi connectivity index (χ3n) is 5.55. The molecule has 4 nitrogen and oxygen atoms in total. The molecular formula is C27H26N2O2. The topological polar surface area (TPSA) is 50.6 Å². The highest BCUT2D eigenvalue weighted by Crippen LogP contribution is 2.28. The number of ketones is 1. The largest absolute Gasteiger partial charge is 0.347 e. The molecule has 0 saturated carbocycles. The van der Waals surface area contributed by atoms with Crippen LogP contribution in [0, 0.1) is 6.92 Å². The molecule has 2 heterocycles. The summed E-state index contributed by atoms with van der Waals surface area (Å²) in [5.41, 5.74) is 5.32. The number of aromatic nitrogens is 1. The van der Waals surface area contributed by atoms with Gasteiger partial charge in [0.2, 0.25) is 0 Å². The van der Waals surface area contributed by atoms with Crippen LogP contribution >= 0.6 is 0 Å². The highest BCUT2D eigenvalue weighted by Gasteiger charge is 2.25. The van der Waals surface area contributed by atoms with E-state index in [4.69, 9.17) is 0 Å². The highest BCUT2D eigenvalue weighted by molar-refractivity contribution is 6.43. The van der Waals surface area contributed by atoms with Gasteiger partial charge in [0.25, 0.3) is 11.7 Å². The fraction of sp³-hybridized carbons (Fsp3) is 0.185. The van der Waals surface area contributed by atoms with Crippen molar-refractivity contribution in [3.05, 3.63) is 102 Å². The lowest BCUT2D eigenvalue weighted by Crippen LogP contribution is -2.38. The number of nitrogens with one attached hydrogen (secondary N) is 1. The molecule has 1 atom stereocenters. The molecule has 0 fully saturated rings. The predicted molar refractivity (Wildman–Crippen MR) is 124 cm³/mol. The van der Waals surface area contributed by atoms with E-state index < -0.39 is 11.7 Å². The highest BCUT2D eigenvalue weighted by atomic mass is 16.2. The molecule has 4 rings (SSSR count). The van der Waals surface area contributed by atoms with Crippen molar-refractivity contribution in [2.45, 2.75) is 32.7 Å². The summed E-state index contributed by atoms with van der Waals surface area (Å²) in [5, 5.41) is 2.89. The van der Waals surface area contributed by atoms with Crippen molar-refractivity contribution < 1.29 is 9.59 Å². The lowest BCUT2D eigenvalue weighted by atomic mass is 10.0. The normalized spacial score (nSPS) is 11.9. The van der Waals surface area contributed by atoms with Crippen LogP contribution in [-0.2, 0) is 11.2 Å². The van der Waals surface area contributed by atoms with Crippen LogP contribution in [0.15, 0.2) is 85.1 Å². The lowest BCUT2D eigenvalue weighted by molar-refractivity contribution is -0.117. The molecule has 2 aromatic carbocycles. The smallest absolute Gasteiger partial charge is 0.294 e. The van der Waals surface area contributed by atoms with E-state index >= 15 is 0 Å². The van der Waals surface area contributed by atoms with E-state index in [-0.39, 0.29) is 6.04 Å². The number of hydrogen-bond acceptors (Lipinski definition) is 2. The summed E-state index contributed by atoms with van der Waals surface area (Å²) in [7, 11) is 0. The second-order valence-corrected chi connectivity index (χ2v) is 8.00. The molecule has 4 heteroatoms. The molecule has 0 bridgehead atoms. The maximum Gasteiger partial charge on any atom is 0.294 e. The van der Waals surface area contributed by atoms with E-state index in [9.17, 15) is 9.59 Å². The summed E-state index contributed by atoms with van der Waals surface area (Å²) < 4.78 is 1.80. The second kappa shape index (κ2) is 9.00. The van der Waals surface area contributed by atoms with Crippen LogP contribution in [0.2, 0.25) is 0 Å². The van der Waals surface area contributed by atoms with Crippen LogP contribution in [0.4, 0.5) is 0 Å². The third-order valence-corrected chi connectivity index (χ3v) is 5.55. The Morgan fingerprint density at radius 2 is 1.65 bits per heavy atom. The first-order chi connectivity index (χ1) is 15.0. The van der Waals surface area contributed by atoms with Gasteiger partial charge in [-0.3, -0.25) is 9.59 Å². The Morgan fingerprint density at radius 3 is 2.39 bits per heavy atom. The van der Waals surface area contributed by atoms with Gasteiger partial charge in [0.15, 0.2) is 0 Å². The fourth-order valence-electron chi connectivity index (χ4n) is 3.81. The summed E-state index contributed by atoms with van der Waals surface area (Å²) >= 11 is 0. The molecule has 0 aliphatic heterocycles. The first-order valence-corrected chi connectivity index (χ1v) is 10.6. The summed E-state index contributed by atoms with van der Waals surface area (Å²) in [6.07, 6.45) is 3.44. The molecule has 0 aliphatic rings. The summed E-state index contributed by atoms with van der Waals surface area (Å²) in [6.45, 7) is 3.96. The van der Waals surface area contributed by atoms with Crippen molar-refractivity contribution in [2.24, 2.45) is 0 Å². The quantitative estimate of drug-likeness (QED) is 0.335. The van der Waals surface area contributed by atoms with Crippen LogP contribution < -0.4 is 5.32 Å². The van der Waals surface area contributed by atoms with Gasteiger partial charge in [0, 0.05) is 23.3 Å². The number of benzene rings is 2. The van der Waals surface area contributed by atoms with Crippen molar-refractivity contribution in [2.75, 3.05) is 0 Å². The van der Waals surface area contributed by atoms with Crippen molar-refractivity contribution in [3.63, 3.8) is 0 Å².